The fourth-order valence-corrected chi connectivity index (χ4v) is 3.27. The van der Waals surface area contributed by atoms with Gasteiger partial charge in [-0.2, -0.15) is 0 Å². The molecule has 0 saturated heterocycles. The fraction of sp³-hybridized carbons (Fsp3) is 0.0833. The topological polar surface area (TPSA) is 39.3 Å². The standard InChI is InChI=1S/C24H20N2O/c1-18(21-15-14-19-9-5-6-12-22(19)17-21)23-13-7-8-16-26(23)25-24(27)20-10-3-2-4-11-20/h2-18H,1H3. The van der Waals surface area contributed by atoms with Gasteiger partial charge in [-0.1, -0.05) is 77.5 Å². The molecule has 0 N–H and O–H groups in total. The van der Waals surface area contributed by atoms with Crippen LogP contribution in [-0.2, 0) is 0 Å². The molecule has 27 heavy (non-hydrogen) atoms. The SMILES string of the molecule is CC(c1ccc2ccccc2c1)c1cccc[n+]1/N=C(\[O-])c1ccccc1. The van der Waals surface area contributed by atoms with E-state index < -0.39 is 0 Å². The largest absolute Gasteiger partial charge is 0.854 e. The maximum absolute atomic E-state index is 12.5. The third kappa shape index (κ3) is 3.58. The van der Waals surface area contributed by atoms with Crippen molar-refractivity contribution in [2.75, 3.05) is 0 Å². The maximum Gasteiger partial charge on any atom is 0.221 e. The normalized spacial score (nSPS) is 12.9. The zero-order valence-corrected chi connectivity index (χ0v) is 15.1. The lowest BCUT2D eigenvalue weighted by atomic mass is 9.95. The van der Waals surface area contributed by atoms with Crippen molar-refractivity contribution >= 4 is 16.7 Å². The van der Waals surface area contributed by atoms with E-state index in [1.807, 2.05) is 54.7 Å². The average molecular weight is 352 g/mol. The highest BCUT2D eigenvalue weighted by atomic mass is 16.3. The summed E-state index contributed by atoms with van der Waals surface area (Å²) in [5, 5.41) is 19.3. The molecule has 0 spiro atoms. The molecule has 1 aromatic heterocycles. The lowest BCUT2D eigenvalue weighted by Crippen LogP contribution is -2.38. The first-order valence-electron chi connectivity index (χ1n) is 9.03. The molecule has 4 aromatic rings. The van der Waals surface area contributed by atoms with Gasteiger partial charge in [0.15, 0.2) is 0 Å². The first-order valence-corrected chi connectivity index (χ1v) is 9.03. The van der Waals surface area contributed by atoms with Gasteiger partial charge in [-0.05, 0) is 40.0 Å². The molecule has 0 aliphatic rings. The predicted molar refractivity (Wildman–Crippen MR) is 106 cm³/mol. The number of hydrogen-bond donors (Lipinski definition) is 0. The van der Waals surface area contributed by atoms with E-state index in [9.17, 15) is 5.11 Å². The summed E-state index contributed by atoms with van der Waals surface area (Å²) in [6.45, 7) is 2.14. The van der Waals surface area contributed by atoms with Crippen LogP contribution in [-0.4, -0.2) is 5.90 Å². The summed E-state index contributed by atoms with van der Waals surface area (Å²) in [4.78, 5) is 0. The first kappa shape index (κ1) is 17.0. The van der Waals surface area contributed by atoms with Gasteiger partial charge in [-0.15, -0.1) is 0 Å². The molecular formula is C24H20N2O. The van der Waals surface area contributed by atoms with Gasteiger partial charge >= 0.3 is 0 Å². The molecule has 3 nitrogen and oxygen atoms in total. The van der Waals surface area contributed by atoms with Crippen LogP contribution >= 0.6 is 0 Å². The van der Waals surface area contributed by atoms with Crippen LogP contribution in [0.5, 0.6) is 0 Å². The van der Waals surface area contributed by atoms with Crippen molar-refractivity contribution in [2.24, 2.45) is 5.10 Å². The Bertz CT molecular complexity index is 1100. The highest BCUT2D eigenvalue weighted by Gasteiger charge is 2.20. The number of benzene rings is 3. The van der Waals surface area contributed by atoms with E-state index in [0.717, 1.165) is 5.69 Å². The molecule has 1 unspecified atom stereocenters. The second kappa shape index (κ2) is 7.42. The Kier molecular flexibility index (Phi) is 4.67. The minimum atomic E-state index is -0.251. The zero-order chi connectivity index (χ0) is 18.6. The third-order valence-corrected chi connectivity index (χ3v) is 4.81. The summed E-state index contributed by atoms with van der Waals surface area (Å²) in [5.41, 5.74) is 2.74. The quantitative estimate of drug-likeness (QED) is 0.312. The third-order valence-electron chi connectivity index (χ3n) is 4.81. The van der Waals surface area contributed by atoms with Crippen LogP contribution in [0.25, 0.3) is 10.8 Å². The van der Waals surface area contributed by atoms with Crippen LogP contribution in [0, 0.1) is 0 Å². The lowest BCUT2D eigenvalue weighted by Gasteiger charge is -2.12. The van der Waals surface area contributed by atoms with Crippen molar-refractivity contribution in [3.63, 3.8) is 0 Å². The van der Waals surface area contributed by atoms with E-state index in [-0.39, 0.29) is 11.8 Å². The second-order valence-corrected chi connectivity index (χ2v) is 6.57. The maximum atomic E-state index is 12.5. The molecule has 1 heterocycles. The van der Waals surface area contributed by atoms with E-state index in [2.05, 4.69) is 42.4 Å². The van der Waals surface area contributed by atoms with Gasteiger partial charge in [-0.3, -0.25) is 0 Å². The number of pyridine rings is 1. The highest BCUT2D eigenvalue weighted by Crippen LogP contribution is 2.25. The summed E-state index contributed by atoms with van der Waals surface area (Å²) in [6, 6.07) is 29.8. The van der Waals surface area contributed by atoms with Crippen molar-refractivity contribution in [2.45, 2.75) is 12.8 Å². The molecule has 0 aliphatic heterocycles. The molecule has 0 saturated carbocycles. The van der Waals surface area contributed by atoms with Crippen molar-refractivity contribution in [1.29, 1.82) is 0 Å². The summed E-state index contributed by atoms with van der Waals surface area (Å²) in [5.74, 6) is -0.151. The Hall–Kier alpha value is -3.46. The summed E-state index contributed by atoms with van der Waals surface area (Å²) in [6.07, 6.45) is 1.83. The predicted octanol–water partition coefficient (Wildman–Crippen LogP) is 3.85. The van der Waals surface area contributed by atoms with Crippen molar-refractivity contribution in [3.05, 3.63) is 114 Å². The average Bonchev–Trinajstić information content (AvgIpc) is 2.74. The van der Waals surface area contributed by atoms with Crippen molar-refractivity contribution in [3.8, 4) is 0 Å². The van der Waals surface area contributed by atoms with Gasteiger partial charge in [0.05, 0.1) is 11.8 Å². The summed E-state index contributed by atoms with van der Waals surface area (Å²) < 4.78 is 1.69. The molecule has 0 fully saturated rings. The van der Waals surface area contributed by atoms with Gasteiger partial charge < -0.3 is 5.11 Å². The molecule has 4 rings (SSSR count). The molecule has 0 bridgehead atoms. The molecule has 3 heteroatoms. The van der Waals surface area contributed by atoms with Crippen LogP contribution in [0.3, 0.4) is 0 Å². The van der Waals surface area contributed by atoms with Gasteiger partial charge in [-0.25, -0.2) is 0 Å². The van der Waals surface area contributed by atoms with Crippen LogP contribution < -0.4 is 9.78 Å². The molecule has 0 amide bonds. The van der Waals surface area contributed by atoms with Crippen molar-refractivity contribution < 1.29 is 9.78 Å². The van der Waals surface area contributed by atoms with Crippen LogP contribution in [0.4, 0.5) is 0 Å². The van der Waals surface area contributed by atoms with Gasteiger partial charge in [0.2, 0.25) is 11.9 Å². The zero-order valence-electron chi connectivity index (χ0n) is 15.1. The number of nitrogens with zero attached hydrogens (tertiary/aromatic N) is 2. The Morgan fingerprint density at radius 3 is 2.33 bits per heavy atom. The number of hydrogen-bond acceptors (Lipinski definition) is 2. The minimum absolute atomic E-state index is 0.100. The van der Waals surface area contributed by atoms with Gasteiger partial charge in [0.25, 0.3) is 0 Å². The monoisotopic (exact) mass is 352 g/mol. The summed E-state index contributed by atoms with van der Waals surface area (Å²) >= 11 is 0. The first-order chi connectivity index (χ1) is 13.2. The molecule has 0 aliphatic carbocycles. The number of rotatable bonds is 4. The lowest BCUT2D eigenvalue weighted by molar-refractivity contribution is -0.689. The Morgan fingerprint density at radius 2 is 1.52 bits per heavy atom. The fourth-order valence-electron chi connectivity index (χ4n) is 3.27. The highest BCUT2D eigenvalue weighted by molar-refractivity contribution is 5.89. The molecular weight excluding hydrogens is 332 g/mol. The second-order valence-electron chi connectivity index (χ2n) is 6.57. The van der Waals surface area contributed by atoms with E-state index in [4.69, 9.17) is 0 Å². The van der Waals surface area contributed by atoms with E-state index in [1.54, 1.807) is 16.8 Å². The molecule has 1 atom stereocenters. The van der Waals surface area contributed by atoms with E-state index in [0.29, 0.717) is 5.56 Å². The molecule has 0 radical (unpaired) electrons. The van der Waals surface area contributed by atoms with Crippen LogP contribution in [0.15, 0.2) is 102 Å². The van der Waals surface area contributed by atoms with E-state index in [1.165, 1.54) is 16.3 Å². The van der Waals surface area contributed by atoms with Crippen molar-refractivity contribution in [1.82, 2.24) is 0 Å². The Morgan fingerprint density at radius 1 is 0.815 bits per heavy atom. The minimum Gasteiger partial charge on any atom is -0.854 e. The van der Waals surface area contributed by atoms with Crippen LogP contribution in [0.2, 0.25) is 0 Å². The number of fused-ring (bicyclic) bond motifs is 1. The number of aromatic nitrogens is 1. The van der Waals surface area contributed by atoms with E-state index >= 15 is 0 Å². The molecule has 132 valence electrons. The smallest absolute Gasteiger partial charge is 0.221 e. The van der Waals surface area contributed by atoms with Crippen LogP contribution in [0.1, 0.15) is 29.7 Å². The Labute approximate surface area is 158 Å². The Balaban J connectivity index is 1.73. The van der Waals surface area contributed by atoms with Gasteiger partial charge in [0.1, 0.15) is 0 Å². The molecule has 3 aromatic carbocycles. The van der Waals surface area contributed by atoms with Gasteiger partial charge in [0, 0.05) is 12.1 Å². The summed E-state index contributed by atoms with van der Waals surface area (Å²) in [7, 11) is 0.